The number of sulfone groups is 1. The highest BCUT2D eigenvalue weighted by atomic mass is 32.2. The molecule has 9 heteroatoms. The van der Waals surface area contributed by atoms with Crippen molar-refractivity contribution in [1.82, 2.24) is 14.5 Å². The molecule has 3 rings (SSSR count). The van der Waals surface area contributed by atoms with Gasteiger partial charge >= 0.3 is 0 Å². The molecule has 2 aromatic heterocycles. The highest BCUT2D eigenvalue weighted by Crippen LogP contribution is 2.20. The molecule has 118 valence electrons. The summed E-state index contributed by atoms with van der Waals surface area (Å²) in [6.45, 7) is 0. The average Bonchev–Trinajstić information content (AvgIpc) is 2.47. The van der Waals surface area contributed by atoms with Crippen molar-refractivity contribution in [2.24, 2.45) is 0 Å². The van der Waals surface area contributed by atoms with E-state index in [1.165, 1.54) is 12.3 Å². The lowest BCUT2D eigenvalue weighted by Gasteiger charge is -2.11. The zero-order chi connectivity index (χ0) is 16.8. The van der Waals surface area contributed by atoms with Crippen molar-refractivity contribution in [3.05, 3.63) is 58.5 Å². The molecule has 0 saturated carbocycles. The summed E-state index contributed by atoms with van der Waals surface area (Å²) in [7, 11) is -3.75. The van der Waals surface area contributed by atoms with E-state index in [4.69, 9.17) is 0 Å². The highest BCUT2D eigenvalue weighted by molar-refractivity contribution is 7.90. The number of fused-ring (bicyclic) bond motifs is 1. The first kappa shape index (κ1) is 15.2. The molecule has 0 aliphatic heterocycles. The van der Waals surface area contributed by atoms with E-state index in [-0.39, 0.29) is 11.0 Å². The third-order valence-corrected chi connectivity index (χ3v) is 3.96. The van der Waals surface area contributed by atoms with E-state index in [2.05, 4.69) is 9.97 Å². The summed E-state index contributed by atoms with van der Waals surface area (Å²) in [4.78, 5) is 19.6. The minimum Gasteiger partial charge on any atom is -0.269 e. The van der Waals surface area contributed by atoms with Crippen LogP contribution in [0.1, 0.15) is 0 Å². The highest BCUT2D eigenvalue weighted by Gasteiger charge is 2.18. The van der Waals surface area contributed by atoms with Gasteiger partial charge in [-0.3, -0.25) is 9.36 Å². The van der Waals surface area contributed by atoms with E-state index in [0.29, 0.717) is 4.57 Å². The third-order valence-electron chi connectivity index (χ3n) is 3.10. The number of halogens is 2. The van der Waals surface area contributed by atoms with E-state index >= 15 is 0 Å². The molecule has 1 aromatic carbocycles. The summed E-state index contributed by atoms with van der Waals surface area (Å²) in [5.41, 5.74) is -1.57. The maximum Gasteiger partial charge on any atom is 0.256 e. The Hall–Kier alpha value is -2.68. The zero-order valence-electron chi connectivity index (χ0n) is 11.7. The Morgan fingerprint density at radius 2 is 1.74 bits per heavy atom. The Balaban J connectivity index is 2.49. The van der Waals surface area contributed by atoms with Crippen molar-refractivity contribution in [2.75, 3.05) is 6.26 Å². The summed E-state index contributed by atoms with van der Waals surface area (Å²) < 4.78 is 51.9. The average molecular weight is 337 g/mol. The molecule has 0 saturated heterocycles. The van der Waals surface area contributed by atoms with Crippen molar-refractivity contribution < 1.29 is 17.2 Å². The normalized spacial score (nSPS) is 11.8. The second-order valence-electron chi connectivity index (χ2n) is 4.78. The molecule has 0 amide bonds. The Kier molecular flexibility index (Phi) is 3.44. The predicted molar refractivity (Wildman–Crippen MR) is 78.2 cm³/mol. The molecule has 6 nitrogen and oxygen atoms in total. The monoisotopic (exact) mass is 337 g/mol. The molecule has 0 unspecified atom stereocenters. The van der Waals surface area contributed by atoms with Crippen LogP contribution >= 0.6 is 0 Å². The van der Waals surface area contributed by atoms with E-state index in [0.717, 1.165) is 30.5 Å². The molecule has 0 radical (unpaired) electrons. The molecular formula is C14H9F2N3O3S. The molecule has 23 heavy (non-hydrogen) atoms. The van der Waals surface area contributed by atoms with E-state index < -0.39 is 37.9 Å². The largest absolute Gasteiger partial charge is 0.269 e. The summed E-state index contributed by atoms with van der Waals surface area (Å²) in [5.74, 6) is -1.95. The third kappa shape index (κ3) is 2.59. The van der Waals surface area contributed by atoms with Gasteiger partial charge in [0.2, 0.25) is 15.0 Å². The van der Waals surface area contributed by atoms with Crippen LogP contribution in [0.2, 0.25) is 0 Å². The maximum atomic E-state index is 14.0. The van der Waals surface area contributed by atoms with Crippen LogP contribution in [0.3, 0.4) is 0 Å². The van der Waals surface area contributed by atoms with Crippen molar-refractivity contribution in [3.63, 3.8) is 0 Å². The van der Waals surface area contributed by atoms with Crippen LogP contribution < -0.4 is 5.56 Å². The molecular weight excluding hydrogens is 328 g/mol. The number of pyridine rings is 1. The fourth-order valence-electron chi connectivity index (χ4n) is 2.10. The molecule has 0 spiro atoms. The van der Waals surface area contributed by atoms with Crippen molar-refractivity contribution >= 4 is 20.9 Å². The number of hydrogen-bond donors (Lipinski definition) is 0. The molecule has 0 aliphatic carbocycles. The van der Waals surface area contributed by atoms with E-state index in [1.54, 1.807) is 0 Å². The van der Waals surface area contributed by atoms with Crippen molar-refractivity contribution in [1.29, 1.82) is 0 Å². The number of benzene rings is 1. The van der Waals surface area contributed by atoms with Crippen LogP contribution in [-0.4, -0.2) is 29.2 Å². The predicted octanol–water partition coefficient (Wildman–Crippen LogP) is 1.46. The molecule has 0 fully saturated rings. The molecule has 0 atom stereocenters. The lowest BCUT2D eigenvalue weighted by atomic mass is 10.2. The number of aromatic nitrogens is 3. The second-order valence-corrected chi connectivity index (χ2v) is 6.69. The van der Waals surface area contributed by atoms with Gasteiger partial charge in [0.05, 0.1) is 0 Å². The number of rotatable bonds is 2. The van der Waals surface area contributed by atoms with Crippen molar-refractivity contribution in [3.8, 4) is 5.69 Å². The van der Waals surface area contributed by atoms with Gasteiger partial charge < -0.3 is 0 Å². The second kappa shape index (κ2) is 5.20. The smallest absolute Gasteiger partial charge is 0.256 e. The Morgan fingerprint density at radius 3 is 2.35 bits per heavy atom. The van der Waals surface area contributed by atoms with Gasteiger partial charge in [0.1, 0.15) is 17.3 Å². The molecule has 0 N–H and O–H groups in total. The Morgan fingerprint density at radius 1 is 1.09 bits per heavy atom. The van der Waals surface area contributed by atoms with Crippen LogP contribution in [0.15, 0.2) is 46.5 Å². The van der Waals surface area contributed by atoms with Crippen LogP contribution in [-0.2, 0) is 9.84 Å². The molecule has 2 heterocycles. The SMILES string of the molecule is CS(=O)(=O)c1ncc2ccc(=O)n(-c3c(F)cccc3F)c2n1. The fraction of sp³-hybridized carbons (Fsp3) is 0.0714. The molecule has 0 aliphatic rings. The molecule has 3 aromatic rings. The van der Waals surface area contributed by atoms with Gasteiger partial charge in [-0.2, -0.15) is 4.98 Å². The first-order valence-corrected chi connectivity index (χ1v) is 8.21. The zero-order valence-corrected chi connectivity index (χ0v) is 12.5. The summed E-state index contributed by atoms with van der Waals surface area (Å²) in [6.07, 6.45) is 2.07. The minimum atomic E-state index is -3.75. The molecule has 0 bridgehead atoms. The van der Waals surface area contributed by atoms with Crippen LogP contribution in [0.5, 0.6) is 0 Å². The summed E-state index contributed by atoms with van der Waals surface area (Å²) in [5, 5.41) is -0.277. The van der Waals surface area contributed by atoms with Crippen LogP contribution in [0, 0.1) is 11.6 Å². The maximum absolute atomic E-state index is 14.0. The summed E-state index contributed by atoms with van der Waals surface area (Å²) >= 11 is 0. The quantitative estimate of drug-likeness (QED) is 0.661. The van der Waals surface area contributed by atoms with Gasteiger partial charge in [-0.1, -0.05) is 6.07 Å². The van der Waals surface area contributed by atoms with Crippen LogP contribution in [0.4, 0.5) is 8.78 Å². The number of nitrogens with zero attached hydrogens (tertiary/aromatic N) is 3. The van der Waals surface area contributed by atoms with Crippen LogP contribution in [0.25, 0.3) is 16.7 Å². The minimum absolute atomic E-state index is 0.197. The van der Waals surface area contributed by atoms with Gasteiger partial charge in [0.25, 0.3) is 5.56 Å². The van der Waals surface area contributed by atoms with Gasteiger partial charge in [0, 0.05) is 23.9 Å². The van der Waals surface area contributed by atoms with E-state index in [1.807, 2.05) is 0 Å². The summed E-state index contributed by atoms with van der Waals surface area (Å²) in [6, 6.07) is 5.57. The standard InChI is InChI=1S/C14H9F2N3O3S/c1-23(21,22)14-17-7-8-5-6-11(20)19(13(8)18-14)12-9(15)3-2-4-10(12)16/h2-7H,1H3. The van der Waals surface area contributed by atoms with Crippen molar-refractivity contribution in [2.45, 2.75) is 5.16 Å². The van der Waals surface area contributed by atoms with Gasteiger partial charge in [0.15, 0.2) is 5.65 Å². The number of para-hydroxylation sites is 1. The fourth-order valence-corrected chi connectivity index (χ4v) is 2.60. The lowest BCUT2D eigenvalue weighted by molar-refractivity contribution is 0.568. The Bertz CT molecular complexity index is 1070. The number of hydrogen-bond acceptors (Lipinski definition) is 5. The first-order valence-electron chi connectivity index (χ1n) is 6.32. The topological polar surface area (TPSA) is 81.9 Å². The van der Waals surface area contributed by atoms with Gasteiger partial charge in [-0.15, -0.1) is 0 Å². The van der Waals surface area contributed by atoms with Gasteiger partial charge in [-0.25, -0.2) is 22.2 Å². The van der Waals surface area contributed by atoms with Gasteiger partial charge in [-0.05, 0) is 18.2 Å². The Labute approximate surface area is 129 Å². The first-order chi connectivity index (χ1) is 10.8. The lowest BCUT2D eigenvalue weighted by Crippen LogP contribution is -2.21. The van der Waals surface area contributed by atoms with E-state index in [9.17, 15) is 22.0 Å².